The minimum atomic E-state index is -4.01. The molecule has 0 radical (unpaired) electrons. The quantitative estimate of drug-likeness (QED) is 0.609. The van der Waals surface area contributed by atoms with Gasteiger partial charge < -0.3 is 5.32 Å². The summed E-state index contributed by atoms with van der Waals surface area (Å²) < 4.78 is 51.3. The third kappa shape index (κ3) is 5.00. The van der Waals surface area contributed by atoms with Gasteiger partial charge in [-0.1, -0.05) is 50.6 Å². The molecule has 166 valence electrons. The second-order valence-corrected chi connectivity index (χ2v) is 14.5. The molecule has 0 bridgehead atoms. The van der Waals surface area contributed by atoms with Crippen molar-refractivity contribution in [3.63, 3.8) is 0 Å². The molecule has 2 atom stereocenters. The Hall–Kier alpha value is -1.16. The molecule has 0 spiro atoms. The summed E-state index contributed by atoms with van der Waals surface area (Å²) in [5.74, 6) is 0.336. The van der Waals surface area contributed by atoms with Crippen molar-refractivity contribution in [2.75, 3.05) is 11.1 Å². The Morgan fingerprint density at radius 2 is 1.80 bits per heavy atom. The van der Waals surface area contributed by atoms with Gasteiger partial charge in [0.25, 0.3) is 0 Å². The van der Waals surface area contributed by atoms with E-state index in [0.717, 1.165) is 30.6 Å². The van der Waals surface area contributed by atoms with E-state index in [-0.39, 0.29) is 36.5 Å². The third-order valence-corrected chi connectivity index (χ3v) is 10.6. The van der Waals surface area contributed by atoms with Crippen LogP contribution in [0.25, 0.3) is 0 Å². The van der Waals surface area contributed by atoms with Gasteiger partial charge in [0.05, 0.1) is 10.6 Å². The molecule has 10 heteroatoms. The van der Waals surface area contributed by atoms with Crippen molar-refractivity contribution in [1.29, 1.82) is 0 Å². The van der Waals surface area contributed by atoms with E-state index < -0.39 is 19.7 Å². The normalized spacial score (nSPS) is 22.0. The standard InChI is InChI=1S/C20H27ClN2O4S3/c1-5-29(24,25)19-23-18(30(26,27)16-8-6-14(21)7-9-16)17(28-19)22-15-10-13(2)11-20(3,4)12-15/h6-9,13,15,22H,5,10-12H2,1-4H3. The van der Waals surface area contributed by atoms with Gasteiger partial charge in [-0.05, 0) is 54.9 Å². The van der Waals surface area contributed by atoms with Crippen LogP contribution in [-0.4, -0.2) is 33.6 Å². The monoisotopic (exact) mass is 490 g/mol. The van der Waals surface area contributed by atoms with E-state index in [1.54, 1.807) is 0 Å². The highest BCUT2D eigenvalue weighted by Gasteiger charge is 2.35. The first kappa shape index (κ1) is 23.5. The van der Waals surface area contributed by atoms with Gasteiger partial charge in [0.2, 0.25) is 24.0 Å². The topological polar surface area (TPSA) is 93.2 Å². The predicted molar refractivity (Wildman–Crippen MR) is 121 cm³/mol. The van der Waals surface area contributed by atoms with Crippen LogP contribution in [0.1, 0.15) is 47.0 Å². The molecule has 1 aromatic heterocycles. The molecule has 0 amide bonds. The van der Waals surface area contributed by atoms with Gasteiger partial charge in [0.1, 0.15) is 5.00 Å². The lowest BCUT2D eigenvalue weighted by Gasteiger charge is -2.39. The Balaban J connectivity index is 2.07. The van der Waals surface area contributed by atoms with Crippen molar-refractivity contribution in [3.8, 4) is 0 Å². The van der Waals surface area contributed by atoms with Crippen LogP contribution in [0.4, 0.5) is 5.00 Å². The molecule has 1 saturated carbocycles. The first-order valence-electron chi connectivity index (χ1n) is 9.85. The molecule has 0 saturated heterocycles. The van der Waals surface area contributed by atoms with Crippen LogP contribution in [0.5, 0.6) is 0 Å². The predicted octanol–water partition coefficient (Wildman–Crippen LogP) is 5.05. The zero-order valence-electron chi connectivity index (χ0n) is 17.5. The number of aromatic nitrogens is 1. The zero-order valence-corrected chi connectivity index (χ0v) is 20.7. The highest BCUT2D eigenvalue weighted by molar-refractivity contribution is 7.94. The van der Waals surface area contributed by atoms with Crippen LogP contribution in [0.3, 0.4) is 0 Å². The molecular formula is C20H27ClN2O4S3. The van der Waals surface area contributed by atoms with E-state index >= 15 is 0 Å². The Bertz CT molecular complexity index is 1120. The minimum Gasteiger partial charge on any atom is -0.372 e. The van der Waals surface area contributed by atoms with E-state index in [2.05, 4.69) is 31.1 Å². The molecule has 3 rings (SSSR count). The molecule has 1 aliphatic carbocycles. The van der Waals surface area contributed by atoms with E-state index in [4.69, 9.17) is 11.6 Å². The van der Waals surface area contributed by atoms with Crippen molar-refractivity contribution in [2.45, 2.75) is 67.3 Å². The van der Waals surface area contributed by atoms with Gasteiger partial charge >= 0.3 is 0 Å². The maximum Gasteiger partial charge on any atom is 0.226 e. The van der Waals surface area contributed by atoms with Crippen molar-refractivity contribution < 1.29 is 16.8 Å². The molecule has 1 aliphatic rings. The number of rotatable bonds is 6. The second kappa shape index (κ2) is 8.41. The van der Waals surface area contributed by atoms with Gasteiger partial charge in [-0.25, -0.2) is 21.8 Å². The van der Waals surface area contributed by atoms with Crippen LogP contribution in [0, 0.1) is 11.3 Å². The molecule has 1 fully saturated rings. The highest BCUT2D eigenvalue weighted by Crippen LogP contribution is 2.42. The van der Waals surface area contributed by atoms with E-state index in [1.807, 2.05) is 0 Å². The summed E-state index contributed by atoms with van der Waals surface area (Å²) >= 11 is 6.79. The lowest BCUT2D eigenvalue weighted by molar-refractivity contribution is 0.178. The van der Waals surface area contributed by atoms with E-state index in [9.17, 15) is 16.8 Å². The summed E-state index contributed by atoms with van der Waals surface area (Å²) in [6, 6.07) is 5.83. The first-order valence-corrected chi connectivity index (χ1v) is 14.2. The van der Waals surface area contributed by atoms with Crippen LogP contribution < -0.4 is 5.32 Å². The van der Waals surface area contributed by atoms with Crippen LogP contribution >= 0.6 is 22.9 Å². The molecule has 0 aliphatic heterocycles. The number of thiazole rings is 1. The maximum absolute atomic E-state index is 13.3. The number of nitrogens with one attached hydrogen (secondary N) is 1. The fraction of sp³-hybridized carbons (Fsp3) is 0.550. The number of nitrogens with zero attached hydrogens (tertiary/aromatic N) is 1. The summed E-state index contributed by atoms with van der Waals surface area (Å²) in [4.78, 5) is 4.12. The Labute approximate surface area is 187 Å². The molecule has 30 heavy (non-hydrogen) atoms. The lowest BCUT2D eigenvalue weighted by atomic mass is 9.71. The summed E-state index contributed by atoms with van der Waals surface area (Å²) in [5, 5.41) is 3.79. The second-order valence-electron chi connectivity index (χ2n) is 8.73. The SMILES string of the molecule is CCS(=O)(=O)c1nc(S(=O)(=O)c2ccc(Cl)cc2)c(NC2CC(C)CC(C)(C)C2)s1. The molecule has 2 aromatic rings. The number of halogens is 1. The molecule has 6 nitrogen and oxygen atoms in total. The van der Waals surface area contributed by atoms with Crippen molar-refractivity contribution >= 4 is 47.6 Å². The molecule has 1 heterocycles. The number of hydrogen-bond acceptors (Lipinski definition) is 7. The van der Waals surface area contributed by atoms with Crippen LogP contribution in [0.15, 0.2) is 38.5 Å². The van der Waals surface area contributed by atoms with Gasteiger partial charge in [-0.3, -0.25) is 0 Å². The van der Waals surface area contributed by atoms with E-state index in [1.165, 1.54) is 31.2 Å². The van der Waals surface area contributed by atoms with Gasteiger partial charge in [-0.15, -0.1) is 0 Å². The summed E-state index contributed by atoms with van der Waals surface area (Å²) in [5.41, 5.74) is 0.119. The fourth-order valence-corrected chi connectivity index (χ4v) is 8.37. The smallest absolute Gasteiger partial charge is 0.226 e. The summed E-state index contributed by atoms with van der Waals surface area (Å²) in [7, 11) is -7.66. The van der Waals surface area contributed by atoms with Gasteiger partial charge in [0, 0.05) is 11.1 Å². The summed E-state index contributed by atoms with van der Waals surface area (Å²) in [6.07, 6.45) is 2.85. The maximum atomic E-state index is 13.3. The zero-order chi connectivity index (χ0) is 22.3. The van der Waals surface area contributed by atoms with Gasteiger partial charge in [-0.2, -0.15) is 0 Å². The molecule has 1 aromatic carbocycles. The van der Waals surface area contributed by atoms with Gasteiger partial charge in [0.15, 0.2) is 5.03 Å². The molecule has 1 N–H and O–H groups in total. The van der Waals surface area contributed by atoms with E-state index in [0.29, 0.717) is 10.9 Å². The third-order valence-electron chi connectivity index (χ3n) is 5.32. The van der Waals surface area contributed by atoms with Crippen LogP contribution in [-0.2, 0) is 19.7 Å². The Morgan fingerprint density at radius 3 is 2.37 bits per heavy atom. The molecular weight excluding hydrogens is 464 g/mol. The van der Waals surface area contributed by atoms with Crippen molar-refractivity contribution in [2.24, 2.45) is 11.3 Å². The lowest BCUT2D eigenvalue weighted by Crippen LogP contribution is -2.35. The average molecular weight is 491 g/mol. The fourth-order valence-electron chi connectivity index (χ4n) is 4.18. The van der Waals surface area contributed by atoms with Crippen molar-refractivity contribution in [3.05, 3.63) is 29.3 Å². The number of benzene rings is 1. The minimum absolute atomic E-state index is 0.0260. The Morgan fingerprint density at radius 1 is 1.17 bits per heavy atom. The first-order chi connectivity index (χ1) is 13.8. The van der Waals surface area contributed by atoms with Crippen LogP contribution in [0.2, 0.25) is 5.02 Å². The summed E-state index contributed by atoms with van der Waals surface area (Å²) in [6.45, 7) is 8.09. The Kier molecular flexibility index (Phi) is 6.59. The van der Waals surface area contributed by atoms with Crippen molar-refractivity contribution in [1.82, 2.24) is 4.98 Å². The largest absolute Gasteiger partial charge is 0.372 e. The number of hydrogen-bond donors (Lipinski definition) is 1. The number of anilines is 1. The highest BCUT2D eigenvalue weighted by atomic mass is 35.5. The molecule has 2 unspecified atom stereocenters. The average Bonchev–Trinajstić information content (AvgIpc) is 3.05. The number of sulfone groups is 2.